The highest BCUT2D eigenvalue weighted by Gasteiger charge is 2.04. The zero-order valence-corrected chi connectivity index (χ0v) is 9.14. The van der Waals surface area contributed by atoms with E-state index in [-0.39, 0.29) is 6.10 Å². The summed E-state index contributed by atoms with van der Waals surface area (Å²) in [4.78, 5) is 2.12. The lowest BCUT2D eigenvalue weighted by molar-refractivity contribution is 0.142. The number of rotatable bonds is 5. The fourth-order valence-electron chi connectivity index (χ4n) is 1.49. The summed E-state index contributed by atoms with van der Waals surface area (Å²) in [6, 6.07) is 2.02. The van der Waals surface area contributed by atoms with Crippen LogP contribution in [0.3, 0.4) is 0 Å². The van der Waals surface area contributed by atoms with Gasteiger partial charge in [-0.05, 0) is 20.0 Å². The number of aryl methyl sites for hydroxylation is 1. The first-order valence-corrected chi connectivity index (χ1v) is 4.93. The predicted octanol–water partition coefficient (Wildman–Crippen LogP) is 0.275. The molecule has 1 unspecified atom stereocenters. The molecule has 0 amide bonds. The summed E-state index contributed by atoms with van der Waals surface area (Å²) in [5, 5.41) is 13.3. The van der Waals surface area contributed by atoms with Gasteiger partial charge in [-0.15, -0.1) is 0 Å². The summed E-state index contributed by atoms with van der Waals surface area (Å²) in [7, 11) is 3.97. The predicted molar refractivity (Wildman–Crippen MR) is 56.1 cm³/mol. The maximum atomic E-state index is 9.18. The molecular weight excluding hydrogens is 178 g/mol. The Morgan fingerprint density at radius 2 is 2.36 bits per heavy atom. The number of aliphatic hydroxyl groups excluding tert-OH is 1. The molecule has 0 bridgehead atoms. The molecule has 0 aliphatic carbocycles. The minimum atomic E-state index is -0.258. The van der Waals surface area contributed by atoms with E-state index in [9.17, 15) is 5.11 Å². The Morgan fingerprint density at radius 1 is 1.64 bits per heavy atom. The second-order valence-electron chi connectivity index (χ2n) is 3.81. The lowest BCUT2D eigenvalue weighted by atomic mass is 10.3. The summed E-state index contributed by atoms with van der Waals surface area (Å²) in [5.74, 6) is 0. The van der Waals surface area contributed by atoms with Crippen molar-refractivity contribution in [3.05, 3.63) is 18.0 Å². The van der Waals surface area contributed by atoms with E-state index in [1.807, 2.05) is 31.0 Å². The normalized spacial score (nSPS) is 13.5. The van der Waals surface area contributed by atoms with E-state index in [1.54, 1.807) is 6.92 Å². The number of hydrogen-bond donors (Lipinski definition) is 1. The summed E-state index contributed by atoms with van der Waals surface area (Å²) in [5.41, 5.74) is 1.22. The van der Waals surface area contributed by atoms with E-state index < -0.39 is 0 Å². The van der Waals surface area contributed by atoms with Crippen LogP contribution >= 0.6 is 0 Å². The van der Waals surface area contributed by atoms with Gasteiger partial charge in [-0.2, -0.15) is 5.10 Å². The van der Waals surface area contributed by atoms with E-state index in [4.69, 9.17) is 0 Å². The molecule has 4 nitrogen and oxygen atoms in total. The lowest BCUT2D eigenvalue weighted by Crippen LogP contribution is -2.29. The van der Waals surface area contributed by atoms with E-state index in [0.29, 0.717) is 0 Å². The Morgan fingerprint density at radius 3 is 2.86 bits per heavy atom. The highest BCUT2D eigenvalue weighted by molar-refractivity contribution is 5.00. The van der Waals surface area contributed by atoms with Gasteiger partial charge in [0.05, 0.1) is 6.10 Å². The molecule has 0 saturated heterocycles. The molecule has 0 aromatic carbocycles. The van der Waals surface area contributed by atoms with Crippen molar-refractivity contribution >= 4 is 0 Å². The van der Waals surface area contributed by atoms with Crippen LogP contribution < -0.4 is 0 Å². The van der Waals surface area contributed by atoms with Crippen LogP contribution in [-0.4, -0.2) is 46.0 Å². The molecule has 1 N–H and O–H groups in total. The van der Waals surface area contributed by atoms with Gasteiger partial charge in [0.1, 0.15) is 0 Å². The number of aromatic nitrogens is 2. The van der Waals surface area contributed by atoms with Gasteiger partial charge in [-0.25, -0.2) is 0 Å². The van der Waals surface area contributed by atoms with Gasteiger partial charge < -0.3 is 10.0 Å². The van der Waals surface area contributed by atoms with Gasteiger partial charge in [0, 0.05) is 38.4 Å². The van der Waals surface area contributed by atoms with Crippen LogP contribution in [0.15, 0.2) is 12.3 Å². The first kappa shape index (κ1) is 11.2. The van der Waals surface area contributed by atoms with Crippen molar-refractivity contribution in [2.45, 2.75) is 19.4 Å². The van der Waals surface area contributed by atoms with E-state index in [2.05, 4.69) is 10.00 Å². The van der Waals surface area contributed by atoms with E-state index in [0.717, 1.165) is 19.5 Å². The number of hydrogen-bond acceptors (Lipinski definition) is 3. The minimum absolute atomic E-state index is 0.258. The molecule has 80 valence electrons. The molecule has 1 aromatic rings. The molecule has 14 heavy (non-hydrogen) atoms. The third kappa shape index (κ3) is 3.47. The summed E-state index contributed by atoms with van der Waals surface area (Å²) in [6.07, 6.45) is 2.52. The van der Waals surface area contributed by atoms with Crippen molar-refractivity contribution in [3.63, 3.8) is 0 Å². The minimum Gasteiger partial charge on any atom is -0.392 e. The van der Waals surface area contributed by atoms with Gasteiger partial charge >= 0.3 is 0 Å². The summed E-state index contributed by atoms with van der Waals surface area (Å²) < 4.78 is 1.89. The first-order chi connectivity index (χ1) is 6.59. The first-order valence-electron chi connectivity index (χ1n) is 4.93. The molecule has 1 heterocycles. The van der Waals surface area contributed by atoms with Crippen molar-refractivity contribution in [1.82, 2.24) is 14.7 Å². The Bertz CT molecular complexity index is 270. The average molecular weight is 197 g/mol. The number of nitrogens with zero attached hydrogens (tertiary/aromatic N) is 3. The van der Waals surface area contributed by atoms with Gasteiger partial charge in [-0.3, -0.25) is 4.68 Å². The van der Waals surface area contributed by atoms with Crippen molar-refractivity contribution in [2.75, 3.05) is 20.1 Å². The Balaban J connectivity index is 2.30. The zero-order valence-electron chi connectivity index (χ0n) is 9.14. The number of aliphatic hydroxyl groups is 1. The van der Waals surface area contributed by atoms with E-state index in [1.165, 1.54) is 5.69 Å². The van der Waals surface area contributed by atoms with Gasteiger partial charge in [0.25, 0.3) is 0 Å². The lowest BCUT2D eigenvalue weighted by Gasteiger charge is -2.17. The van der Waals surface area contributed by atoms with Crippen LogP contribution in [0.25, 0.3) is 0 Å². The highest BCUT2D eigenvalue weighted by Crippen LogP contribution is 1.99. The molecule has 0 radical (unpaired) electrons. The molecule has 1 atom stereocenters. The number of likely N-dealkylation sites (N-methyl/N-ethyl adjacent to an activating group) is 1. The highest BCUT2D eigenvalue weighted by atomic mass is 16.3. The molecular formula is C10H19N3O. The van der Waals surface area contributed by atoms with Crippen molar-refractivity contribution in [3.8, 4) is 0 Å². The fourth-order valence-corrected chi connectivity index (χ4v) is 1.49. The van der Waals surface area contributed by atoms with Crippen molar-refractivity contribution in [1.29, 1.82) is 0 Å². The standard InChI is InChI=1S/C10H19N3O/c1-9(14)8-12(2)7-5-10-4-6-11-13(10)3/h4,6,9,14H,5,7-8H2,1-3H3. The van der Waals surface area contributed by atoms with Crippen molar-refractivity contribution in [2.24, 2.45) is 7.05 Å². The Labute approximate surface area is 85.1 Å². The Hall–Kier alpha value is -0.870. The largest absolute Gasteiger partial charge is 0.392 e. The van der Waals surface area contributed by atoms with Crippen LogP contribution in [0.5, 0.6) is 0 Å². The van der Waals surface area contributed by atoms with E-state index >= 15 is 0 Å². The fraction of sp³-hybridized carbons (Fsp3) is 0.700. The maximum Gasteiger partial charge on any atom is 0.0638 e. The monoisotopic (exact) mass is 197 g/mol. The maximum absolute atomic E-state index is 9.18. The average Bonchev–Trinajstić information content (AvgIpc) is 2.46. The van der Waals surface area contributed by atoms with Crippen molar-refractivity contribution < 1.29 is 5.11 Å². The molecule has 0 fully saturated rings. The third-order valence-corrected chi connectivity index (χ3v) is 2.25. The topological polar surface area (TPSA) is 41.3 Å². The van der Waals surface area contributed by atoms with Gasteiger partial charge in [0.15, 0.2) is 0 Å². The quantitative estimate of drug-likeness (QED) is 0.737. The molecule has 4 heteroatoms. The van der Waals surface area contributed by atoms with Crippen LogP contribution in [0.4, 0.5) is 0 Å². The van der Waals surface area contributed by atoms with Crippen LogP contribution in [0.1, 0.15) is 12.6 Å². The van der Waals surface area contributed by atoms with Crippen LogP contribution in [0, 0.1) is 0 Å². The van der Waals surface area contributed by atoms with Gasteiger partial charge in [0.2, 0.25) is 0 Å². The summed E-state index contributed by atoms with van der Waals surface area (Å²) in [6.45, 7) is 3.48. The SMILES string of the molecule is CC(O)CN(C)CCc1ccnn1C. The molecule has 0 spiro atoms. The molecule has 0 saturated carbocycles. The second-order valence-corrected chi connectivity index (χ2v) is 3.81. The van der Waals surface area contributed by atoms with Crippen LogP contribution in [0.2, 0.25) is 0 Å². The summed E-state index contributed by atoms with van der Waals surface area (Å²) >= 11 is 0. The zero-order chi connectivity index (χ0) is 10.6. The molecule has 0 aliphatic rings. The molecule has 0 aliphatic heterocycles. The Kier molecular flexibility index (Phi) is 4.10. The second kappa shape index (κ2) is 5.12. The van der Waals surface area contributed by atoms with Gasteiger partial charge in [-0.1, -0.05) is 0 Å². The molecule has 1 aromatic heterocycles. The molecule has 1 rings (SSSR count). The smallest absolute Gasteiger partial charge is 0.0638 e. The van der Waals surface area contributed by atoms with Crippen LogP contribution in [-0.2, 0) is 13.5 Å². The third-order valence-electron chi connectivity index (χ3n) is 2.25.